The van der Waals surface area contributed by atoms with Crippen LogP contribution in [0.2, 0.25) is 0 Å². The van der Waals surface area contributed by atoms with Gasteiger partial charge in [0.1, 0.15) is 5.03 Å². The Morgan fingerprint density at radius 3 is 2.83 bits per heavy atom. The zero-order chi connectivity index (χ0) is 16.9. The topological polar surface area (TPSA) is 76.5 Å². The quantitative estimate of drug-likeness (QED) is 0.668. The van der Waals surface area contributed by atoms with Crippen molar-refractivity contribution in [2.45, 2.75) is 36.6 Å². The lowest BCUT2D eigenvalue weighted by Crippen LogP contribution is -1.98. The van der Waals surface area contributed by atoms with Crippen molar-refractivity contribution >= 4 is 28.2 Å². The van der Waals surface area contributed by atoms with Crippen molar-refractivity contribution in [1.29, 1.82) is 0 Å². The first-order valence-electron chi connectivity index (χ1n) is 7.68. The monoisotopic (exact) mass is 358 g/mol. The van der Waals surface area contributed by atoms with E-state index < -0.39 is 0 Å². The third kappa shape index (κ3) is 3.88. The van der Waals surface area contributed by atoms with Crippen molar-refractivity contribution in [3.05, 3.63) is 35.8 Å². The van der Waals surface area contributed by atoms with E-state index in [4.69, 9.17) is 4.98 Å². The molecule has 0 aliphatic carbocycles. The molecule has 8 heteroatoms. The van der Waals surface area contributed by atoms with E-state index in [0.29, 0.717) is 5.82 Å². The van der Waals surface area contributed by atoms with Gasteiger partial charge in [-0.1, -0.05) is 18.3 Å². The molecular weight excluding hydrogens is 340 g/mol. The minimum atomic E-state index is 0.683. The number of pyridine rings is 1. The first-order chi connectivity index (χ1) is 11.7. The molecule has 3 aromatic heterocycles. The fraction of sp³-hybridized carbons (Fsp3) is 0.312. The standard InChI is InChI=1S/C16H18N6S2/c1-4-7-18-15-21-22-16(24-15)23-14-10(2)11(3)19-13(20-14)12-6-5-8-17-9-12/h5-6,8-9H,4,7H2,1-3H3,(H,18,21). The number of hydrogen-bond acceptors (Lipinski definition) is 8. The van der Waals surface area contributed by atoms with Crippen molar-refractivity contribution in [2.75, 3.05) is 11.9 Å². The first-order valence-corrected chi connectivity index (χ1v) is 9.31. The van der Waals surface area contributed by atoms with Crippen LogP contribution in [0.1, 0.15) is 24.6 Å². The molecule has 0 aliphatic heterocycles. The third-order valence-corrected chi connectivity index (χ3v) is 5.40. The van der Waals surface area contributed by atoms with Crippen LogP contribution in [0.3, 0.4) is 0 Å². The molecule has 0 saturated carbocycles. The van der Waals surface area contributed by atoms with E-state index in [1.54, 1.807) is 23.7 Å². The zero-order valence-corrected chi connectivity index (χ0v) is 15.4. The molecule has 0 bridgehead atoms. The lowest BCUT2D eigenvalue weighted by Gasteiger charge is -2.08. The second-order valence-corrected chi connectivity index (χ2v) is 7.42. The summed E-state index contributed by atoms with van der Waals surface area (Å²) in [6, 6.07) is 3.85. The van der Waals surface area contributed by atoms with Gasteiger partial charge in [-0.15, -0.1) is 10.2 Å². The first kappa shape index (κ1) is 16.8. The van der Waals surface area contributed by atoms with Gasteiger partial charge in [0.25, 0.3) is 0 Å². The highest BCUT2D eigenvalue weighted by atomic mass is 32.2. The van der Waals surface area contributed by atoms with Crippen molar-refractivity contribution < 1.29 is 0 Å². The van der Waals surface area contributed by atoms with Crippen LogP contribution >= 0.6 is 23.1 Å². The maximum absolute atomic E-state index is 4.70. The van der Waals surface area contributed by atoms with E-state index in [0.717, 1.165) is 44.3 Å². The van der Waals surface area contributed by atoms with Crippen LogP contribution in [0.4, 0.5) is 5.13 Å². The molecule has 6 nitrogen and oxygen atoms in total. The van der Waals surface area contributed by atoms with E-state index in [2.05, 4.69) is 32.4 Å². The lowest BCUT2D eigenvalue weighted by molar-refractivity contribution is 0.945. The Balaban J connectivity index is 1.87. The fourth-order valence-corrected chi connectivity index (χ4v) is 3.79. The average molecular weight is 358 g/mol. The molecule has 3 aromatic rings. The minimum absolute atomic E-state index is 0.683. The van der Waals surface area contributed by atoms with Crippen molar-refractivity contribution in [3.63, 3.8) is 0 Å². The number of rotatable bonds is 6. The highest BCUT2D eigenvalue weighted by molar-refractivity contribution is 8.01. The van der Waals surface area contributed by atoms with Crippen LogP contribution in [-0.4, -0.2) is 31.7 Å². The zero-order valence-electron chi connectivity index (χ0n) is 13.8. The summed E-state index contributed by atoms with van der Waals surface area (Å²) in [5.74, 6) is 0.683. The third-order valence-electron chi connectivity index (χ3n) is 3.38. The lowest BCUT2D eigenvalue weighted by atomic mass is 10.2. The molecule has 0 fully saturated rings. The average Bonchev–Trinajstić information content (AvgIpc) is 3.05. The normalized spacial score (nSPS) is 10.8. The molecule has 124 valence electrons. The van der Waals surface area contributed by atoms with E-state index in [-0.39, 0.29) is 0 Å². The Bertz CT molecular complexity index is 819. The molecule has 0 aliphatic rings. The highest BCUT2D eigenvalue weighted by Gasteiger charge is 2.14. The van der Waals surface area contributed by atoms with Crippen LogP contribution < -0.4 is 5.32 Å². The molecular formula is C16H18N6S2. The summed E-state index contributed by atoms with van der Waals surface area (Å²) in [4.78, 5) is 13.4. The summed E-state index contributed by atoms with van der Waals surface area (Å²) in [5.41, 5.74) is 2.93. The van der Waals surface area contributed by atoms with E-state index in [9.17, 15) is 0 Å². The summed E-state index contributed by atoms with van der Waals surface area (Å²) < 4.78 is 0.868. The molecule has 0 radical (unpaired) electrons. The second-order valence-electron chi connectivity index (χ2n) is 5.21. The van der Waals surface area contributed by atoms with E-state index >= 15 is 0 Å². The maximum atomic E-state index is 4.70. The maximum Gasteiger partial charge on any atom is 0.206 e. The van der Waals surface area contributed by atoms with Crippen molar-refractivity contribution in [1.82, 2.24) is 25.1 Å². The van der Waals surface area contributed by atoms with Gasteiger partial charge in [-0.3, -0.25) is 4.98 Å². The SMILES string of the molecule is CCCNc1nnc(Sc2nc(-c3cccnc3)nc(C)c2C)s1. The fourth-order valence-electron chi connectivity index (χ4n) is 1.96. The summed E-state index contributed by atoms with van der Waals surface area (Å²) in [6.07, 6.45) is 4.57. The molecule has 1 N–H and O–H groups in total. The van der Waals surface area contributed by atoms with Gasteiger partial charge in [-0.2, -0.15) is 0 Å². The van der Waals surface area contributed by atoms with Crippen LogP contribution in [0.15, 0.2) is 33.9 Å². The van der Waals surface area contributed by atoms with Gasteiger partial charge < -0.3 is 5.32 Å². The molecule has 24 heavy (non-hydrogen) atoms. The number of aryl methyl sites for hydroxylation is 1. The number of nitrogens with zero attached hydrogens (tertiary/aromatic N) is 5. The van der Waals surface area contributed by atoms with Gasteiger partial charge in [0.05, 0.1) is 0 Å². The van der Waals surface area contributed by atoms with Gasteiger partial charge in [0, 0.05) is 35.8 Å². The van der Waals surface area contributed by atoms with Crippen molar-refractivity contribution in [2.24, 2.45) is 0 Å². The predicted molar refractivity (Wildman–Crippen MR) is 97.5 cm³/mol. The Hall–Kier alpha value is -2.06. The van der Waals surface area contributed by atoms with E-state index in [1.165, 1.54) is 11.8 Å². The van der Waals surface area contributed by atoms with Crippen LogP contribution in [0, 0.1) is 13.8 Å². The molecule has 0 atom stereocenters. The summed E-state index contributed by atoms with van der Waals surface area (Å²) in [6.45, 7) is 7.05. The smallest absolute Gasteiger partial charge is 0.206 e. The van der Waals surface area contributed by atoms with E-state index in [1.807, 2.05) is 26.0 Å². The Kier molecular flexibility index (Phi) is 5.37. The molecule has 0 spiro atoms. The predicted octanol–water partition coefficient (Wildman–Crippen LogP) is 3.98. The van der Waals surface area contributed by atoms with Crippen LogP contribution in [-0.2, 0) is 0 Å². The Morgan fingerprint density at radius 2 is 2.08 bits per heavy atom. The molecule has 0 unspecified atom stereocenters. The number of aromatic nitrogens is 5. The van der Waals surface area contributed by atoms with Crippen LogP contribution in [0.5, 0.6) is 0 Å². The summed E-state index contributed by atoms with van der Waals surface area (Å²) >= 11 is 3.07. The molecule has 0 amide bonds. The molecule has 0 saturated heterocycles. The highest BCUT2D eigenvalue weighted by Crippen LogP contribution is 2.34. The van der Waals surface area contributed by atoms with Crippen molar-refractivity contribution in [3.8, 4) is 11.4 Å². The Labute approximate surface area is 149 Å². The number of anilines is 1. The Morgan fingerprint density at radius 1 is 1.21 bits per heavy atom. The van der Waals surface area contributed by atoms with Gasteiger partial charge in [-0.05, 0) is 44.2 Å². The number of hydrogen-bond donors (Lipinski definition) is 1. The largest absolute Gasteiger partial charge is 0.360 e. The minimum Gasteiger partial charge on any atom is -0.360 e. The van der Waals surface area contributed by atoms with Gasteiger partial charge in [0.2, 0.25) is 5.13 Å². The molecule has 3 rings (SSSR count). The second kappa shape index (κ2) is 7.67. The van der Waals surface area contributed by atoms with Gasteiger partial charge in [-0.25, -0.2) is 9.97 Å². The van der Waals surface area contributed by atoms with Gasteiger partial charge in [0.15, 0.2) is 10.2 Å². The molecule has 3 heterocycles. The van der Waals surface area contributed by atoms with Gasteiger partial charge >= 0.3 is 0 Å². The molecule has 0 aromatic carbocycles. The number of nitrogens with one attached hydrogen (secondary N) is 1. The summed E-state index contributed by atoms with van der Waals surface area (Å²) in [5, 5.41) is 13.4. The summed E-state index contributed by atoms with van der Waals surface area (Å²) in [7, 11) is 0. The van der Waals surface area contributed by atoms with Crippen LogP contribution in [0.25, 0.3) is 11.4 Å².